The van der Waals surface area contributed by atoms with E-state index < -0.39 is 50.1 Å². The van der Waals surface area contributed by atoms with Crippen molar-refractivity contribution < 1.29 is 32.0 Å². The third kappa shape index (κ3) is 5.44. The van der Waals surface area contributed by atoms with Gasteiger partial charge in [0.15, 0.2) is 18.1 Å². The van der Waals surface area contributed by atoms with Crippen molar-refractivity contribution in [3.63, 3.8) is 0 Å². The summed E-state index contributed by atoms with van der Waals surface area (Å²) >= 11 is 0. The molecule has 2 aromatic rings. The third-order valence-electron chi connectivity index (χ3n) is 4.90. The van der Waals surface area contributed by atoms with Crippen LogP contribution in [0.15, 0.2) is 60.7 Å². The summed E-state index contributed by atoms with van der Waals surface area (Å²) in [5.74, 6) is -3.26. The average molecular weight is 467 g/mol. The summed E-state index contributed by atoms with van der Waals surface area (Å²) in [6, 6.07) is 14.4. The van der Waals surface area contributed by atoms with Gasteiger partial charge in [0, 0.05) is 6.42 Å². The summed E-state index contributed by atoms with van der Waals surface area (Å²) in [6.45, 7) is -0.685. The number of halogens is 2. The van der Waals surface area contributed by atoms with E-state index in [0.717, 1.165) is 4.90 Å². The monoisotopic (exact) mass is 467 g/mol. The summed E-state index contributed by atoms with van der Waals surface area (Å²) in [7, 11) is -4.55. The summed E-state index contributed by atoms with van der Waals surface area (Å²) in [6.07, 6.45) is -4.79. The number of carbonyl (C=O) groups is 2. The van der Waals surface area contributed by atoms with Gasteiger partial charge in [0.2, 0.25) is 11.8 Å². The second-order valence-electron chi connectivity index (χ2n) is 7.32. The van der Waals surface area contributed by atoms with Gasteiger partial charge in [-0.05, 0) is 30.7 Å². The highest BCUT2D eigenvalue weighted by atomic mass is 31.2. The first-order valence-electron chi connectivity index (χ1n) is 9.93. The number of rotatable bonds is 9. The fraction of sp³-hybridized carbons (Fsp3) is 0.333. The van der Waals surface area contributed by atoms with E-state index in [-0.39, 0.29) is 24.3 Å². The van der Waals surface area contributed by atoms with Crippen molar-refractivity contribution in [2.24, 2.45) is 11.5 Å². The van der Waals surface area contributed by atoms with E-state index in [9.17, 15) is 18.5 Å². The van der Waals surface area contributed by atoms with Crippen molar-refractivity contribution in [3.05, 3.63) is 60.7 Å². The van der Waals surface area contributed by atoms with Crippen LogP contribution in [0.25, 0.3) is 0 Å². The molecular weight excluding hydrogens is 443 g/mol. The Morgan fingerprint density at radius 2 is 1.53 bits per heavy atom. The Morgan fingerprint density at radius 1 is 1.03 bits per heavy atom. The topological polar surface area (TPSA) is 125 Å². The number of para-hydroxylation sites is 2. The number of benzene rings is 2. The largest absolute Gasteiger partial charge is 0.456 e. The van der Waals surface area contributed by atoms with E-state index >= 15 is 4.39 Å². The number of likely N-dealkylation sites (tertiary alicyclic amines) is 1. The number of nitrogens with zero attached hydrogens (tertiary/aromatic N) is 1. The van der Waals surface area contributed by atoms with Gasteiger partial charge in [0.25, 0.3) is 0 Å². The fourth-order valence-electron chi connectivity index (χ4n) is 3.34. The van der Waals surface area contributed by atoms with Crippen molar-refractivity contribution in [3.8, 4) is 11.5 Å². The molecular formula is C21H24F2N3O5P. The van der Waals surface area contributed by atoms with E-state index in [1.165, 1.54) is 24.3 Å². The predicted molar refractivity (Wildman–Crippen MR) is 113 cm³/mol. The number of primary amides is 1. The number of amides is 2. The van der Waals surface area contributed by atoms with Crippen LogP contribution < -0.4 is 20.5 Å². The van der Waals surface area contributed by atoms with Crippen molar-refractivity contribution in [1.82, 2.24) is 4.90 Å². The minimum Gasteiger partial charge on any atom is -0.415 e. The van der Waals surface area contributed by atoms with Crippen molar-refractivity contribution in [2.45, 2.75) is 37.0 Å². The van der Waals surface area contributed by atoms with Crippen molar-refractivity contribution >= 4 is 19.4 Å². The van der Waals surface area contributed by atoms with Crippen LogP contribution in [-0.4, -0.2) is 47.4 Å². The molecule has 1 aliphatic rings. The third-order valence-corrected chi connectivity index (χ3v) is 7.04. The van der Waals surface area contributed by atoms with Gasteiger partial charge in [0.1, 0.15) is 11.5 Å². The number of carbonyl (C=O) groups excluding carboxylic acids is 2. The molecule has 4 N–H and O–H groups in total. The summed E-state index contributed by atoms with van der Waals surface area (Å²) in [5, 5.41) is 0. The maximum atomic E-state index is 15.1. The Kier molecular flexibility index (Phi) is 7.48. The average Bonchev–Trinajstić information content (AvgIpc) is 3.07. The molecule has 11 heteroatoms. The zero-order chi connectivity index (χ0) is 23.3. The zero-order valence-electron chi connectivity index (χ0n) is 17.1. The number of hydrogen-bond acceptors (Lipinski definition) is 6. The molecule has 172 valence electrons. The van der Waals surface area contributed by atoms with Crippen LogP contribution in [-0.2, 0) is 14.2 Å². The van der Waals surface area contributed by atoms with Crippen molar-refractivity contribution in [1.29, 1.82) is 0 Å². The van der Waals surface area contributed by atoms with Crippen LogP contribution in [0.3, 0.4) is 0 Å². The van der Waals surface area contributed by atoms with Crippen LogP contribution in [0.4, 0.5) is 8.78 Å². The second kappa shape index (κ2) is 10.1. The number of alkyl halides is 2. The molecule has 1 aliphatic heterocycles. The lowest BCUT2D eigenvalue weighted by atomic mass is 10.1. The molecule has 4 atom stereocenters. The first-order valence-corrected chi connectivity index (χ1v) is 11.5. The molecule has 0 unspecified atom stereocenters. The fourth-order valence-corrected chi connectivity index (χ4v) is 5.51. The van der Waals surface area contributed by atoms with Crippen LogP contribution in [0.1, 0.15) is 12.8 Å². The molecule has 32 heavy (non-hydrogen) atoms. The van der Waals surface area contributed by atoms with Gasteiger partial charge < -0.3 is 25.4 Å². The minimum atomic E-state index is -4.55. The summed E-state index contributed by atoms with van der Waals surface area (Å²) in [4.78, 5) is 24.7. The van der Waals surface area contributed by atoms with E-state index in [1.807, 2.05) is 0 Å². The molecule has 0 spiro atoms. The normalized spacial score (nSPS) is 21.7. The molecule has 0 saturated carbocycles. The highest BCUT2D eigenvalue weighted by Crippen LogP contribution is 2.58. The highest BCUT2D eigenvalue weighted by Gasteiger charge is 2.58. The standard InChI is InChI=1S/C21H24F2N3O5P/c22-16-13-26(20(28)17(24)11-12-18(25)27)21(19(16)23)32(29,30-14-7-3-1-4-8-14)31-15-9-5-2-6-10-15/h1-10,16-17,19,21H,11-13,24H2,(H2,25,27)/t16-,17+,19+,21+/m1/s1. The van der Waals surface area contributed by atoms with E-state index in [1.54, 1.807) is 36.4 Å². The van der Waals surface area contributed by atoms with Gasteiger partial charge in [-0.1, -0.05) is 36.4 Å². The molecule has 0 bridgehead atoms. The predicted octanol–water partition coefficient (Wildman–Crippen LogP) is 2.77. The zero-order valence-corrected chi connectivity index (χ0v) is 17.9. The van der Waals surface area contributed by atoms with Gasteiger partial charge in [-0.2, -0.15) is 0 Å². The lowest BCUT2D eigenvalue weighted by molar-refractivity contribution is -0.133. The van der Waals surface area contributed by atoms with E-state index in [0.29, 0.717) is 0 Å². The number of nitrogens with two attached hydrogens (primary N) is 2. The van der Waals surface area contributed by atoms with Crippen molar-refractivity contribution in [2.75, 3.05) is 6.54 Å². The van der Waals surface area contributed by atoms with E-state index in [4.69, 9.17) is 20.5 Å². The van der Waals surface area contributed by atoms with Gasteiger partial charge in [0.05, 0.1) is 12.6 Å². The molecule has 1 heterocycles. The molecule has 2 amide bonds. The Morgan fingerprint density at radius 3 is 2.00 bits per heavy atom. The minimum absolute atomic E-state index is 0.0895. The molecule has 0 aliphatic carbocycles. The van der Waals surface area contributed by atoms with Gasteiger partial charge in [-0.25, -0.2) is 13.3 Å². The quantitative estimate of drug-likeness (QED) is 0.547. The van der Waals surface area contributed by atoms with Crippen LogP contribution >= 0.6 is 7.60 Å². The first kappa shape index (κ1) is 23.7. The first-order chi connectivity index (χ1) is 15.2. The highest BCUT2D eigenvalue weighted by molar-refractivity contribution is 7.55. The Balaban J connectivity index is 1.96. The lowest BCUT2D eigenvalue weighted by Crippen LogP contribution is -2.48. The van der Waals surface area contributed by atoms with Gasteiger partial charge in [-0.15, -0.1) is 0 Å². The van der Waals surface area contributed by atoms with Gasteiger partial charge >= 0.3 is 7.60 Å². The van der Waals surface area contributed by atoms with E-state index in [2.05, 4.69) is 0 Å². The van der Waals surface area contributed by atoms with Crippen LogP contribution in [0.2, 0.25) is 0 Å². The maximum absolute atomic E-state index is 15.1. The molecule has 1 fully saturated rings. The molecule has 0 aromatic heterocycles. The molecule has 2 aromatic carbocycles. The number of hydrogen-bond donors (Lipinski definition) is 2. The lowest BCUT2D eigenvalue weighted by Gasteiger charge is -2.32. The molecule has 8 nitrogen and oxygen atoms in total. The SMILES string of the molecule is NC(=O)CC[C@H](N)C(=O)N1C[C@@H](F)[C@H](F)[C@@H]1P(=O)(Oc1ccccc1)Oc1ccccc1. The van der Waals surface area contributed by atoms with Crippen LogP contribution in [0.5, 0.6) is 11.5 Å². The molecule has 1 saturated heterocycles. The second-order valence-corrected chi connectivity index (χ2v) is 9.30. The summed E-state index contributed by atoms with van der Waals surface area (Å²) in [5.41, 5.74) is 10.9. The molecule has 3 rings (SSSR count). The van der Waals surface area contributed by atoms with Crippen LogP contribution in [0, 0.1) is 0 Å². The Bertz CT molecular complexity index is 936. The summed E-state index contributed by atoms with van der Waals surface area (Å²) < 4.78 is 54.6. The van der Waals surface area contributed by atoms with Gasteiger partial charge in [-0.3, -0.25) is 9.59 Å². The Hall–Kier alpha value is -2.97. The Labute approximate surface area is 184 Å². The smallest absolute Gasteiger partial charge is 0.415 e. The maximum Gasteiger partial charge on any atom is 0.456 e. The molecule has 0 radical (unpaired) electrons.